The number of hydrogen-bond donors (Lipinski definition) is 2. The number of aryl methyl sites for hydroxylation is 1. The van der Waals surface area contributed by atoms with Crippen LogP contribution in [0.5, 0.6) is 0 Å². The summed E-state index contributed by atoms with van der Waals surface area (Å²) in [5.74, 6) is -0.0331. The van der Waals surface area contributed by atoms with Crippen molar-refractivity contribution in [2.45, 2.75) is 12.1 Å². The lowest BCUT2D eigenvalue weighted by atomic mass is 10.2. The third-order valence-electron chi connectivity index (χ3n) is 2.63. The number of carbonyl (C=O) groups excluding carboxylic acids is 1. The third kappa shape index (κ3) is 3.43. The van der Waals surface area contributed by atoms with E-state index in [0.717, 1.165) is 5.56 Å². The van der Waals surface area contributed by atoms with Crippen molar-refractivity contribution in [1.29, 1.82) is 0 Å². The molecule has 1 amide bonds. The molecule has 2 rings (SSSR count). The Morgan fingerprint density at radius 2 is 2.30 bits per heavy atom. The number of anilines is 1. The van der Waals surface area contributed by atoms with Gasteiger partial charge in [-0.05, 0) is 24.6 Å². The smallest absolute Gasteiger partial charge is 0.325 e. The lowest BCUT2D eigenvalue weighted by Crippen LogP contribution is -2.16. The van der Waals surface area contributed by atoms with E-state index in [4.69, 9.17) is 11.6 Å². The average Bonchev–Trinajstić information content (AvgIpc) is 2.72. The Morgan fingerprint density at radius 1 is 1.55 bits per heavy atom. The Morgan fingerprint density at radius 3 is 2.90 bits per heavy atom. The van der Waals surface area contributed by atoms with E-state index in [1.165, 1.54) is 16.3 Å². The maximum Gasteiger partial charge on any atom is 0.343 e. The number of nitrogens with zero attached hydrogens (tertiary/aromatic N) is 2. The van der Waals surface area contributed by atoms with Crippen molar-refractivity contribution in [1.82, 2.24) is 14.8 Å². The molecule has 0 unspecified atom stereocenters. The van der Waals surface area contributed by atoms with Gasteiger partial charge < -0.3 is 5.32 Å². The minimum absolute atomic E-state index is 0.156. The van der Waals surface area contributed by atoms with Crippen molar-refractivity contribution in [2.24, 2.45) is 7.05 Å². The summed E-state index contributed by atoms with van der Waals surface area (Å²) in [6, 6.07) is 5.32. The van der Waals surface area contributed by atoms with Crippen molar-refractivity contribution < 1.29 is 4.79 Å². The highest BCUT2D eigenvalue weighted by atomic mass is 35.5. The van der Waals surface area contributed by atoms with E-state index in [1.54, 1.807) is 19.2 Å². The van der Waals surface area contributed by atoms with Gasteiger partial charge in [-0.15, -0.1) is 5.10 Å². The van der Waals surface area contributed by atoms with Crippen LogP contribution >= 0.6 is 23.4 Å². The van der Waals surface area contributed by atoms with E-state index in [1.807, 2.05) is 13.0 Å². The maximum atomic E-state index is 11.8. The fraction of sp³-hybridized carbons (Fsp3) is 0.250. The molecule has 0 aliphatic rings. The van der Waals surface area contributed by atoms with Crippen LogP contribution in [0.25, 0.3) is 0 Å². The van der Waals surface area contributed by atoms with Crippen molar-refractivity contribution in [3.8, 4) is 0 Å². The van der Waals surface area contributed by atoms with Crippen LogP contribution in [0, 0.1) is 6.92 Å². The second kappa shape index (κ2) is 6.15. The first-order valence-corrected chi connectivity index (χ1v) is 7.14. The molecule has 0 atom stereocenters. The Labute approximate surface area is 124 Å². The van der Waals surface area contributed by atoms with Gasteiger partial charge in [0.15, 0.2) is 5.16 Å². The molecule has 0 spiro atoms. The third-order valence-corrected chi connectivity index (χ3v) is 4.06. The van der Waals surface area contributed by atoms with Gasteiger partial charge in [0.2, 0.25) is 5.91 Å². The quantitative estimate of drug-likeness (QED) is 0.844. The molecule has 2 N–H and O–H groups in total. The van der Waals surface area contributed by atoms with Crippen LogP contribution in [0.15, 0.2) is 28.2 Å². The van der Waals surface area contributed by atoms with Gasteiger partial charge in [0.05, 0.1) is 5.75 Å². The number of aromatic nitrogens is 3. The number of halogens is 1. The van der Waals surface area contributed by atoms with E-state index in [2.05, 4.69) is 15.5 Å². The summed E-state index contributed by atoms with van der Waals surface area (Å²) in [6.07, 6.45) is 0. The monoisotopic (exact) mass is 312 g/mol. The van der Waals surface area contributed by atoms with E-state index in [9.17, 15) is 9.59 Å². The summed E-state index contributed by atoms with van der Waals surface area (Å²) in [5.41, 5.74) is 1.28. The van der Waals surface area contributed by atoms with Gasteiger partial charge >= 0.3 is 5.69 Å². The molecule has 1 aromatic heterocycles. The number of rotatable bonds is 4. The van der Waals surface area contributed by atoms with Gasteiger partial charge in [0, 0.05) is 17.8 Å². The largest absolute Gasteiger partial charge is 0.343 e. The summed E-state index contributed by atoms with van der Waals surface area (Å²) >= 11 is 7.16. The minimum atomic E-state index is -0.307. The van der Waals surface area contributed by atoms with Crippen LogP contribution in [-0.2, 0) is 11.8 Å². The molecular weight excluding hydrogens is 300 g/mol. The molecule has 0 aliphatic heterocycles. The summed E-state index contributed by atoms with van der Waals surface area (Å²) < 4.78 is 1.35. The van der Waals surface area contributed by atoms with Gasteiger partial charge in [-0.1, -0.05) is 29.4 Å². The molecule has 6 nitrogen and oxygen atoms in total. The van der Waals surface area contributed by atoms with Crippen molar-refractivity contribution >= 4 is 35.0 Å². The zero-order valence-corrected chi connectivity index (χ0v) is 12.5. The van der Waals surface area contributed by atoms with Gasteiger partial charge in [-0.3, -0.25) is 9.36 Å². The standard InChI is InChI=1S/C12H13ClN4O2S/c1-7-3-4-8(5-9(7)13)14-10(18)6-20-12-16-15-11(19)17(12)2/h3-5H,6H2,1-2H3,(H,14,18)(H,15,19). The first-order chi connectivity index (χ1) is 9.47. The SMILES string of the molecule is Cc1ccc(NC(=O)CSc2n[nH]c(=O)n2C)cc1Cl. The zero-order chi connectivity index (χ0) is 14.7. The van der Waals surface area contributed by atoms with Gasteiger partial charge in [-0.2, -0.15) is 0 Å². The number of carbonyl (C=O) groups is 1. The van der Waals surface area contributed by atoms with Gasteiger partial charge in [-0.25, -0.2) is 9.89 Å². The molecule has 106 valence electrons. The van der Waals surface area contributed by atoms with Crippen molar-refractivity contribution in [3.63, 3.8) is 0 Å². The predicted molar refractivity (Wildman–Crippen MR) is 79.4 cm³/mol. The molecule has 0 bridgehead atoms. The lowest BCUT2D eigenvalue weighted by molar-refractivity contribution is -0.113. The molecule has 1 heterocycles. The summed E-state index contributed by atoms with van der Waals surface area (Å²) in [5, 5.41) is 9.92. The van der Waals surface area contributed by atoms with Crippen LogP contribution in [0.2, 0.25) is 5.02 Å². The number of H-pyrrole nitrogens is 1. The molecule has 20 heavy (non-hydrogen) atoms. The highest BCUT2D eigenvalue weighted by Crippen LogP contribution is 2.20. The molecule has 0 saturated heterocycles. The Bertz CT molecular complexity index is 695. The molecule has 0 radical (unpaired) electrons. The average molecular weight is 313 g/mol. The second-order valence-electron chi connectivity index (χ2n) is 4.17. The fourth-order valence-electron chi connectivity index (χ4n) is 1.46. The van der Waals surface area contributed by atoms with E-state index < -0.39 is 0 Å². The van der Waals surface area contributed by atoms with Crippen LogP contribution in [0.3, 0.4) is 0 Å². The first-order valence-electron chi connectivity index (χ1n) is 5.77. The number of thioether (sulfide) groups is 1. The molecule has 2 aromatic rings. The molecule has 0 aliphatic carbocycles. The number of benzene rings is 1. The lowest BCUT2D eigenvalue weighted by Gasteiger charge is -2.06. The van der Waals surface area contributed by atoms with Gasteiger partial charge in [0.1, 0.15) is 0 Å². The Hall–Kier alpha value is -1.73. The summed E-state index contributed by atoms with van der Waals surface area (Å²) in [4.78, 5) is 23.0. The minimum Gasteiger partial charge on any atom is -0.325 e. The number of aromatic amines is 1. The maximum absolute atomic E-state index is 11.8. The molecule has 1 aromatic carbocycles. The number of nitrogens with one attached hydrogen (secondary N) is 2. The molecule has 0 saturated carbocycles. The zero-order valence-electron chi connectivity index (χ0n) is 10.9. The van der Waals surface area contributed by atoms with E-state index in [0.29, 0.717) is 15.9 Å². The highest BCUT2D eigenvalue weighted by molar-refractivity contribution is 7.99. The Balaban J connectivity index is 1.94. The number of hydrogen-bond acceptors (Lipinski definition) is 4. The topological polar surface area (TPSA) is 79.8 Å². The fourth-order valence-corrected chi connectivity index (χ4v) is 2.36. The molecule has 8 heteroatoms. The van der Waals surface area contributed by atoms with E-state index in [-0.39, 0.29) is 17.3 Å². The first kappa shape index (κ1) is 14.7. The Kier molecular flexibility index (Phi) is 4.51. The van der Waals surface area contributed by atoms with Crippen LogP contribution in [-0.4, -0.2) is 26.4 Å². The van der Waals surface area contributed by atoms with Crippen molar-refractivity contribution in [3.05, 3.63) is 39.3 Å². The summed E-state index contributed by atoms with van der Waals surface area (Å²) in [7, 11) is 1.59. The molecular formula is C12H13ClN4O2S. The van der Waals surface area contributed by atoms with Gasteiger partial charge in [0.25, 0.3) is 0 Å². The van der Waals surface area contributed by atoms with Crippen LogP contribution in [0.4, 0.5) is 5.69 Å². The predicted octanol–water partition coefficient (Wildman–Crippen LogP) is 1.80. The highest BCUT2D eigenvalue weighted by Gasteiger charge is 2.09. The van der Waals surface area contributed by atoms with Crippen LogP contribution < -0.4 is 11.0 Å². The normalized spacial score (nSPS) is 10.6. The second-order valence-corrected chi connectivity index (χ2v) is 5.52. The molecule has 0 fully saturated rings. The van der Waals surface area contributed by atoms with Crippen molar-refractivity contribution in [2.75, 3.05) is 11.1 Å². The van der Waals surface area contributed by atoms with Crippen LogP contribution in [0.1, 0.15) is 5.56 Å². The number of amides is 1. The summed E-state index contributed by atoms with van der Waals surface area (Å²) in [6.45, 7) is 1.89. The van der Waals surface area contributed by atoms with E-state index >= 15 is 0 Å².